The number of hydrogen-bond donors (Lipinski definition) is 1. The number of carbonyl (C=O) groups is 1. The van der Waals surface area contributed by atoms with Crippen molar-refractivity contribution in [3.05, 3.63) is 51.9 Å². The topological polar surface area (TPSA) is 42.2 Å². The fourth-order valence-electron chi connectivity index (χ4n) is 1.49. The highest BCUT2D eigenvalue weighted by Crippen LogP contribution is 2.25. The van der Waals surface area contributed by atoms with Gasteiger partial charge in [0.15, 0.2) is 0 Å². The monoisotopic (exact) mass is 327 g/mol. The lowest BCUT2D eigenvalue weighted by Crippen LogP contribution is -2.12. The summed E-state index contributed by atoms with van der Waals surface area (Å²) in [6.45, 7) is 0. The number of hydrogen-bond acceptors (Lipinski definition) is 2. The number of nitrogens with one attached hydrogen (secondary N) is 1. The number of carbonyl (C=O) groups excluding carboxylic acids is 1. The molecule has 0 atom stereocenters. The molecule has 3 nitrogen and oxygen atoms in total. The summed E-state index contributed by atoms with van der Waals surface area (Å²) in [5, 5.41) is 3.35. The van der Waals surface area contributed by atoms with Crippen LogP contribution in [0.15, 0.2) is 45.5 Å². The van der Waals surface area contributed by atoms with E-state index in [0.717, 1.165) is 10.2 Å². The zero-order chi connectivity index (χ0) is 13.0. The molecule has 0 spiro atoms. The Kier molecular flexibility index (Phi) is 4.44. The predicted octanol–water partition coefficient (Wildman–Crippen LogP) is 4.27. The molecule has 2 aromatic rings. The zero-order valence-electron chi connectivity index (χ0n) is 9.45. The zero-order valence-corrected chi connectivity index (χ0v) is 11.8. The van der Waals surface area contributed by atoms with Gasteiger partial charge < -0.3 is 9.73 Å². The van der Waals surface area contributed by atoms with E-state index >= 15 is 0 Å². The first-order valence-electron chi connectivity index (χ1n) is 5.42. The van der Waals surface area contributed by atoms with Crippen LogP contribution in [0.1, 0.15) is 12.2 Å². The summed E-state index contributed by atoms with van der Waals surface area (Å²) in [4.78, 5) is 11.7. The van der Waals surface area contributed by atoms with E-state index in [2.05, 4.69) is 21.2 Å². The molecule has 94 valence electrons. The summed E-state index contributed by atoms with van der Waals surface area (Å²) in [5.41, 5.74) is 0.688. The lowest BCUT2D eigenvalue weighted by atomic mass is 10.2. The van der Waals surface area contributed by atoms with E-state index in [1.165, 1.54) is 0 Å². The maximum absolute atomic E-state index is 11.7. The normalized spacial score (nSPS) is 10.3. The lowest BCUT2D eigenvalue weighted by molar-refractivity contribution is -0.116. The van der Waals surface area contributed by atoms with Crippen LogP contribution in [0.2, 0.25) is 5.02 Å². The summed E-state index contributed by atoms with van der Waals surface area (Å²) in [5.74, 6) is 0.740. The number of halogens is 2. The third-order valence-corrected chi connectivity index (χ3v) is 3.61. The third kappa shape index (κ3) is 3.62. The fourth-order valence-corrected chi connectivity index (χ4v) is 1.92. The van der Waals surface area contributed by atoms with E-state index in [1.54, 1.807) is 24.5 Å². The summed E-state index contributed by atoms with van der Waals surface area (Å²) >= 11 is 9.24. The number of rotatable bonds is 4. The van der Waals surface area contributed by atoms with Crippen molar-refractivity contribution in [2.24, 2.45) is 0 Å². The van der Waals surface area contributed by atoms with Crippen molar-refractivity contribution in [1.82, 2.24) is 0 Å². The quantitative estimate of drug-likeness (QED) is 0.911. The van der Waals surface area contributed by atoms with Crippen LogP contribution < -0.4 is 5.32 Å². The molecule has 0 radical (unpaired) electrons. The minimum Gasteiger partial charge on any atom is -0.469 e. The molecule has 1 N–H and O–H groups in total. The Hall–Kier alpha value is -1.26. The van der Waals surface area contributed by atoms with Crippen LogP contribution in [0.5, 0.6) is 0 Å². The minimum absolute atomic E-state index is 0.0650. The van der Waals surface area contributed by atoms with Crippen LogP contribution in [0.4, 0.5) is 5.69 Å². The fraction of sp³-hybridized carbons (Fsp3) is 0.154. The highest BCUT2D eigenvalue weighted by atomic mass is 79.9. The number of aryl methyl sites for hydroxylation is 1. The molecule has 5 heteroatoms. The lowest BCUT2D eigenvalue weighted by Gasteiger charge is -2.05. The van der Waals surface area contributed by atoms with Crippen molar-refractivity contribution < 1.29 is 9.21 Å². The molecule has 0 fully saturated rings. The van der Waals surface area contributed by atoms with E-state index in [4.69, 9.17) is 16.0 Å². The number of furan rings is 1. The first-order chi connectivity index (χ1) is 8.65. The van der Waals surface area contributed by atoms with Crippen molar-refractivity contribution in [2.75, 3.05) is 5.32 Å². The van der Waals surface area contributed by atoms with Crippen LogP contribution in [0, 0.1) is 0 Å². The van der Waals surface area contributed by atoms with Crippen LogP contribution in [-0.4, -0.2) is 5.91 Å². The molecule has 0 saturated heterocycles. The largest absolute Gasteiger partial charge is 0.469 e. The Labute approximate surface area is 118 Å². The SMILES string of the molecule is O=C(CCc1ccco1)Nc1ccc(Br)c(Cl)c1. The predicted molar refractivity (Wildman–Crippen MR) is 74.8 cm³/mol. The van der Waals surface area contributed by atoms with Gasteiger partial charge in [-0.2, -0.15) is 0 Å². The average Bonchev–Trinajstić information content (AvgIpc) is 2.84. The van der Waals surface area contributed by atoms with E-state index < -0.39 is 0 Å². The van der Waals surface area contributed by atoms with Crippen LogP contribution >= 0.6 is 27.5 Å². The van der Waals surface area contributed by atoms with Gasteiger partial charge in [0, 0.05) is 23.0 Å². The Morgan fingerprint density at radius 2 is 2.22 bits per heavy atom. The van der Waals surface area contributed by atoms with Crippen LogP contribution in [0.3, 0.4) is 0 Å². The van der Waals surface area contributed by atoms with Crippen molar-refractivity contribution in [1.29, 1.82) is 0 Å². The second-order valence-corrected chi connectivity index (χ2v) is 5.02. The first kappa shape index (κ1) is 13.2. The van der Waals surface area contributed by atoms with Crippen LogP contribution in [0.25, 0.3) is 0 Å². The van der Waals surface area contributed by atoms with Crippen molar-refractivity contribution in [3.8, 4) is 0 Å². The highest BCUT2D eigenvalue weighted by molar-refractivity contribution is 9.10. The summed E-state index contributed by atoms with van der Waals surface area (Å²) in [7, 11) is 0. The Balaban J connectivity index is 1.88. The van der Waals surface area contributed by atoms with Gasteiger partial charge >= 0.3 is 0 Å². The molecule has 18 heavy (non-hydrogen) atoms. The number of anilines is 1. The van der Waals surface area contributed by atoms with Gasteiger partial charge in [0.25, 0.3) is 0 Å². The minimum atomic E-state index is -0.0650. The third-order valence-electron chi connectivity index (χ3n) is 2.38. The molecule has 0 saturated carbocycles. The van der Waals surface area contributed by atoms with Crippen molar-refractivity contribution in [3.63, 3.8) is 0 Å². The van der Waals surface area contributed by atoms with Gasteiger partial charge in [0.1, 0.15) is 5.76 Å². The summed E-state index contributed by atoms with van der Waals surface area (Å²) in [6.07, 6.45) is 2.56. The molecule has 0 aliphatic heterocycles. The molecule has 1 heterocycles. The van der Waals surface area contributed by atoms with Gasteiger partial charge in [-0.05, 0) is 46.3 Å². The molecule has 1 amide bonds. The van der Waals surface area contributed by atoms with E-state index in [1.807, 2.05) is 12.1 Å². The molecular formula is C13H11BrClNO2. The first-order valence-corrected chi connectivity index (χ1v) is 6.59. The van der Waals surface area contributed by atoms with Crippen molar-refractivity contribution >= 4 is 39.1 Å². The average molecular weight is 329 g/mol. The van der Waals surface area contributed by atoms with Gasteiger partial charge in [-0.15, -0.1) is 0 Å². The van der Waals surface area contributed by atoms with Crippen LogP contribution in [-0.2, 0) is 11.2 Å². The van der Waals surface area contributed by atoms with Gasteiger partial charge in [0.2, 0.25) is 5.91 Å². The maximum atomic E-state index is 11.7. The molecule has 1 aromatic carbocycles. The molecular weight excluding hydrogens is 318 g/mol. The smallest absolute Gasteiger partial charge is 0.224 e. The van der Waals surface area contributed by atoms with E-state index in [-0.39, 0.29) is 5.91 Å². The standard InChI is InChI=1S/C13H11BrClNO2/c14-11-5-3-9(8-12(11)15)16-13(17)6-4-10-2-1-7-18-10/h1-3,5,7-8H,4,6H2,(H,16,17). The van der Waals surface area contributed by atoms with Crippen molar-refractivity contribution in [2.45, 2.75) is 12.8 Å². The second-order valence-electron chi connectivity index (χ2n) is 3.76. The Bertz CT molecular complexity index is 540. The van der Waals surface area contributed by atoms with Gasteiger partial charge in [-0.25, -0.2) is 0 Å². The molecule has 0 bridgehead atoms. The molecule has 0 unspecified atom stereocenters. The van der Waals surface area contributed by atoms with Gasteiger partial charge in [0.05, 0.1) is 11.3 Å². The second kappa shape index (κ2) is 6.07. The molecule has 0 aliphatic rings. The molecule has 1 aromatic heterocycles. The number of benzene rings is 1. The summed E-state index contributed by atoms with van der Waals surface area (Å²) < 4.78 is 5.97. The van der Waals surface area contributed by atoms with Gasteiger partial charge in [-0.3, -0.25) is 4.79 Å². The summed E-state index contributed by atoms with van der Waals surface area (Å²) in [6, 6.07) is 8.95. The Morgan fingerprint density at radius 3 is 2.89 bits per heavy atom. The highest BCUT2D eigenvalue weighted by Gasteiger charge is 2.06. The maximum Gasteiger partial charge on any atom is 0.224 e. The number of amides is 1. The Morgan fingerprint density at radius 1 is 1.39 bits per heavy atom. The van der Waals surface area contributed by atoms with Gasteiger partial charge in [-0.1, -0.05) is 11.6 Å². The van der Waals surface area contributed by atoms with E-state index in [9.17, 15) is 4.79 Å². The molecule has 0 aliphatic carbocycles. The molecule has 2 rings (SSSR count). The van der Waals surface area contributed by atoms with E-state index in [0.29, 0.717) is 23.6 Å².